The van der Waals surface area contributed by atoms with Crippen LogP contribution in [0.15, 0.2) is 45.8 Å². The second-order valence-corrected chi connectivity index (χ2v) is 7.09. The Hall–Kier alpha value is -1.84. The maximum Gasteiger partial charge on any atom is 0.271 e. The van der Waals surface area contributed by atoms with E-state index in [1.807, 2.05) is 4.72 Å². The Morgan fingerprint density at radius 3 is 2.45 bits per heavy atom. The Morgan fingerprint density at radius 1 is 1.18 bits per heavy atom. The van der Waals surface area contributed by atoms with Gasteiger partial charge in [-0.1, -0.05) is 39.3 Å². The highest BCUT2D eigenvalue weighted by Crippen LogP contribution is 2.31. The molecule has 2 aromatic carbocycles. The van der Waals surface area contributed by atoms with E-state index < -0.39 is 32.1 Å². The van der Waals surface area contributed by atoms with Gasteiger partial charge in [0.1, 0.15) is 4.90 Å². The highest BCUT2D eigenvalue weighted by Gasteiger charge is 2.19. The van der Waals surface area contributed by atoms with Crippen molar-refractivity contribution in [3.05, 3.63) is 56.0 Å². The molecule has 0 aliphatic heterocycles. The van der Waals surface area contributed by atoms with E-state index in [9.17, 15) is 23.6 Å². The number of halogens is 2. The number of rotatable bonds is 4. The first kappa shape index (κ1) is 16.5. The first-order valence-electron chi connectivity index (χ1n) is 5.64. The van der Waals surface area contributed by atoms with Crippen LogP contribution in [0.2, 0.25) is 5.02 Å². The summed E-state index contributed by atoms with van der Waals surface area (Å²) < 4.78 is 27.1. The monoisotopic (exact) mass is 405 g/mol. The minimum atomic E-state index is -4.15. The quantitative estimate of drug-likeness (QED) is 0.619. The molecule has 0 fully saturated rings. The molecular weight excluding hydrogens is 400 g/mol. The van der Waals surface area contributed by atoms with Gasteiger partial charge in [0.15, 0.2) is 0 Å². The van der Waals surface area contributed by atoms with Crippen LogP contribution >= 0.6 is 27.5 Å². The lowest BCUT2D eigenvalue weighted by atomic mass is 10.2. The molecule has 0 aliphatic rings. The normalized spacial score (nSPS) is 11.2. The summed E-state index contributed by atoms with van der Waals surface area (Å²) in [5.74, 6) is -0.692. The summed E-state index contributed by atoms with van der Waals surface area (Å²) in [5, 5.41) is 22.3. The zero-order valence-electron chi connectivity index (χ0n) is 10.6. The highest BCUT2D eigenvalue weighted by molar-refractivity contribution is 9.10. The molecule has 0 spiro atoms. The van der Waals surface area contributed by atoms with Crippen molar-refractivity contribution in [1.82, 2.24) is 0 Å². The zero-order chi connectivity index (χ0) is 16.5. The van der Waals surface area contributed by atoms with E-state index in [4.69, 9.17) is 11.6 Å². The van der Waals surface area contributed by atoms with Gasteiger partial charge in [-0.3, -0.25) is 14.8 Å². The Labute approximate surface area is 138 Å². The van der Waals surface area contributed by atoms with Gasteiger partial charge < -0.3 is 5.11 Å². The fourth-order valence-corrected chi connectivity index (χ4v) is 3.70. The number of non-ortho nitro benzene ring substituents is 1. The molecule has 0 heterocycles. The summed E-state index contributed by atoms with van der Waals surface area (Å²) in [7, 11) is -4.15. The number of hydrogen-bond donors (Lipinski definition) is 1. The molecule has 10 heteroatoms. The van der Waals surface area contributed by atoms with Crippen molar-refractivity contribution >= 4 is 48.9 Å². The van der Waals surface area contributed by atoms with E-state index in [-0.39, 0.29) is 9.92 Å². The number of benzene rings is 2. The summed E-state index contributed by atoms with van der Waals surface area (Å²) in [4.78, 5) is 9.71. The molecule has 0 radical (unpaired) electrons. The van der Waals surface area contributed by atoms with E-state index in [1.54, 1.807) is 0 Å². The summed E-state index contributed by atoms with van der Waals surface area (Å²) >= 11 is 9.01. The summed E-state index contributed by atoms with van der Waals surface area (Å²) in [6, 6.07) is 6.85. The topological polar surface area (TPSA) is 112 Å². The van der Waals surface area contributed by atoms with Gasteiger partial charge in [-0.05, 0) is 18.2 Å². The summed E-state index contributed by atoms with van der Waals surface area (Å²) in [6.45, 7) is 0. The van der Waals surface area contributed by atoms with Crippen LogP contribution in [-0.2, 0) is 10.0 Å². The molecule has 0 bridgehead atoms. The first-order valence-corrected chi connectivity index (χ1v) is 8.29. The molecule has 0 unspecified atom stereocenters. The van der Waals surface area contributed by atoms with Gasteiger partial charge in [-0.15, -0.1) is 0 Å². The van der Waals surface area contributed by atoms with Gasteiger partial charge in [0.05, 0.1) is 9.95 Å². The number of nitro groups is 1. The van der Waals surface area contributed by atoms with Crippen LogP contribution in [0.25, 0.3) is 0 Å². The average Bonchev–Trinajstić information content (AvgIpc) is 2.40. The van der Waals surface area contributed by atoms with Crippen molar-refractivity contribution < 1.29 is 18.4 Å². The minimum Gasteiger partial charge on any atom is -0.871 e. The van der Waals surface area contributed by atoms with Crippen molar-refractivity contribution in [2.45, 2.75) is 4.90 Å². The van der Waals surface area contributed by atoms with Crippen LogP contribution in [-0.4, -0.2) is 13.3 Å². The average molecular weight is 407 g/mol. The Morgan fingerprint density at radius 2 is 1.86 bits per heavy atom. The van der Waals surface area contributed by atoms with E-state index in [1.165, 1.54) is 18.2 Å². The number of nitro benzene ring substituents is 1. The SMILES string of the molecule is O=[N+]([O-])c1ccc([O-])c(NS(=O)(=O)c2ccc(Br)cc2Cl)c1. The van der Waals surface area contributed by atoms with E-state index >= 15 is 0 Å². The van der Waals surface area contributed by atoms with Crippen molar-refractivity contribution in [1.29, 1.82) is 0 Å². The largest absolute Gasteiger partial charge is 0.871 e. The lowest BCUT2D eigenvalue weighted by Gasteiger charge is -2.15. The summed E-state index contributed by atoms with van der Waals surface area (Å²) in [5.41, 5.74) is -0.826. The lowest BCUT2D eigenvalue weighted by Crippen LogP contribution is -2.15. The second kappa shape index (κ2) is 6.11. The molecule has 0 saturated heterocycles. The zero-order valence-corrected chi connectivity index (χ0v) is 13.8. The predicted octanol–water partition coefficient (Wildman–Crippen LogP) is 2.89. The molecule has 0 saturated carbocycles. The Balaban J connectivity index is 2.45. The van der Waals surface area contributed by atoms with Gasteiger partial charge in [-0.2, -0.15) is 0 Å². The Bertz CT molecular complexity index is 857. The third-order valence-corrected chi connectivity index (χ3v) is 4.94. The van der Waals surface area contributed by atoms with Crippen LogP contribution in [0.1, 0.15) is 0 Å². The van der Waals surface area contributed by atoms with Crippen molar-refractivity contribution in [2.75, 3.05) is 4.72 Å². The van der Waals surface area contributed by atoms with Crippen molar-refractivity contribution in [3.8, 4) is 5.75 Å². The highest BCUT2D eigenvalue weighted by atomic mass is 79.9. The second-order valence-electron chi connectivity index (χ2n) is 4.12. The first-order chi connectivity index (χ1) is 10.2. The maximum atomic E-state index is 12.2. The maximum absolute atomic E-state index is 12.2. The van der Waals surface area contributed by atoms with Gasteiger partial charge in [0.25, 0.3) is 15.7 Å². The molecule has 0 amide bonds. The van der Waals surface area contributed by atoms with Crippen LogP contribution in [0.5, 0.6) is 5.75 Å². The number of anilines is 1. The van der Waals surface area contributed by atoms with E-state index in [2.05, 4.69) is 15.9 Å². The minimum absolute atomic E-state index is 0.0558. The van der Waals surface area contributed by atoms with Gasteiger partial charge in [0.2, 0.25) is 0 Å². The van der Waals surface area contributed by atoms with E-state index in [0.717, 1.165) is 18.2 Å². The van der Waals surface area contributed by atoms with Gasteiger partial charge in [0, 0.05) is 22.3 Å². The standard InChI is InChI=1S/C12H8BrClN2O5S/c13-7-1-4-12(9(14)5-7)22(20,21)15-10-6-8(16(18)19)2-3-11(10)17/h1-6,15,17H/p-1. The van der Waals surface area contributed by atoms with Crippen LogP contribution in [0.4, 0.5) is 11.4 Å². The molecule has 0 atom stereocenters. The third-order valence-electron chi connectivity index (χ3n) is 2.60. The number of nitrogens with one attached hydrogen (secondary N) is 1. The van der Waals surface area contributed by atoms with Gasteiger partial charge in [-0.25, -0.2) is 8.42 Å². The molecule has 1 N–H and O–H groups in total. The van der Waals surface area contributed by atoms with Gasteiger partial charge >= 0.3 is 0 Å². The lowest BCUT2D eigenvalue weighted by molar-refractivity contribution is -0.385. The molecule has 7 nitrogen and oxygen atoms in total. The third kappa shape index (κ3) is 3.49. The van der Waals surface area contributed by atoms with Crippen LogP contribution in [0, 0.1) is 10.1 Å². The number of nitrogens with zero attached hydrogens (tertiary/aromatic N) is 1. The molecule has 0 aliphatic carbocycles. The number of sulfonamides is 1. The fourth-order valence-electron chi connectivity index (χ4n) is 1.60. The molecule has 0 aromatic heterocycles. The predicted molar refractivity (Wildman–Crippen MR) is 82.5 cm³/mol. The van der Waals surface area contributed by atoms with E-state index in [0.29, 0.717) is 4.47 Å². The number of hydrogen-bond acceptors (Lipinski definition) is 5. The smallest absolute Gasteiger partial charge is 0.271 e. The molecule has 116 valence electrons. The van der Waals surface area contributed by atoms with Crippen molar-refractivity contribution in [3.63, 3.8) is 0 Å². The molecule has 2 rings (SSSR count). The Kier molecular flexibility index (Phi) is 4.59. The van der Waals surface area contributed by atoms with Crippen LogP contribution < -0.4 is 9.83 Å². The molecule has 22 heavy (non-hydrogen) atoms. The molecular formula is C12H7BrClN2O5S-. The van der Waals surface area contributed by atoms with Crippen LogP contribution in [0.3, 0.4) is 0 Å². The van der Waals surface area contributed by atoms with Crippen molar-refractivity contribution in [2.24, 2.45) is 0 Å². The summed E-state index contributed by atoms with van der Waals surface area (Å²) in [6.07, 6.45) is 0. The fraction of sp³-hybridized carbons (Fsp3) is 0. The molecule has 2 aromatic rings.